The summed E-state index contributed by atoms with van der Waals surface area (Å²) in [5, 5.41) is 0. The Morgan fingerprint density at radius 1 is 1.58 bits per heavy atom. The lowest BCUT2D eigenvalue weighted by molar-refractivity contribution is -0.380. The monoisotopic (exact) mass is 265 g/mol. The standard InChI is InChI=1S/C14H20N2O3/c1-4-14(3)7-11-9(8-19-14)6-10(12(15)16-11)13(17)18-5-2/h6H,4-5,7-8H2,1-3H3,(H2,15,16)/p+1/t14-/m0/s1. The number of nitrogen functional groups attached to an aromatic ring is 1. The van der Waals surface area contributed by atoms with Crippen molar-refractivity contribution in [3.8, 4) is 0 Å². The Morgan fingerprint density at radius 3 is 2.95 bits per heavy atom. The van der Waals surface area contributed by atoms with Gasteiger partial charge in [0.25, 0.3) is 5.82 Å². The number of fused-ring (bicyclic) bond motifs is 1. The van der Waals surface area contributed by atoms with Crippen LogP contribution in [0, 0.1) is 0 Å². The molecule has 3 N–H and O–H groups in total. The Balaban J connectivity index is 2.33. The molecule has 104 valence electrons. The molecule has 0 aliphatic carbocycles. The molecular weight excluding hydrogens is 244 g/mol. The number of hydrogen-bond acceptors (Lipinski definition) is 4. The third kappa shape index (κ3) is 2.71. The van der Waals surface area contributed by atoms with Gasteiger partial charge in [-0.05, 0) is 26.3 Å². The zero-order valence-electron chi connectivity index (χ0n) is 11.7. The molecule has 1 atom stereocenters. The van der Waals surface area contributed by atoms with Crippen LogP contribution in [0.15, 0.2) is 6.07 Å². The summed E-state index contributed by atoms with van der Waals surface area (Å²) in [6.07, 6.45) is 1.70. The molecule has 0 bridgehead atoms. The van der Waals surface area contributed by atoms with E-state index in [4.69, 9.17) is 15.2 Å². The number of anilines is 1. The summed E-state index contributed by atoms with van der Waals surface area (Å²) in [4.78, 5) is 14.9. The summed E-state index contributed by atoms with van der Waals surface area (Å²) in [5.41, 5.74) is 8.14. The first-order valence-corrected chi connectivity index (χ1v) is 6.63. The molecule has 19 heavy (non-hydrogen) atoms. The van der Waals surface area contributed by atoms with Crippen molar-refractivity contribution in [1.29, 1.82) is 0 Å². The van der Waals surface area contributed by atoms with E-state index in [1.807, 2.05) is 0 Å². The maximum Gasteiger partial charge on any atom is 0.346 e. The highest BCUT2D eigenvalue weighted by atomic mass is 16.5. The predicted octanol–water partition coefficient (Wildman–Crippen LogP) is 1.50. The van der Waals surface area contributed by atoms with Crippen molar-refractivity contribution in [2.75, 3.05) is 12.3 Å². The summed E-state index contributed by atoms with van der Waals surface area (Å²) in [5.74, 6) is -0.0413. The zero-order valence-corrected chi connectivity index (χ0v) is 11.7. The number of esters is 1. The molecule has 0 amide bonds. The first-order chi connectivity index (χ1) is 8.99. The number of nitrogens with two attached hydrogens (primary N) is 1. The molecule has 5 nitrogen and oxygen atoms in total. The van der Waals surface area contributed by atoms with Crippen LogP contribution in [0.1, 0.15) is 48.8 Å². The summed E-state index contributed by atoms with van der Waals surface area (Å²) in [6.45, 7) is 6.77. The van der Waals surface area contributed by atoms with Crippen LogP contribution >= 0.6 is 0 Å². The van der Waals surface area contributed by atoms with Gasteiger partial charge in [0.2, 0.25) is 0 Å². The molecule has 2 heterocycles. The number of aromatic amines is 1. The van der Waals surface area contributed by atoms with Crippen molar-refractivity contribution in [2.24, 2.45) is 0 Å². The molecule has 0 saturated carbocycles. The fourth-order valence-corrected chi connectivity index (χ4v) is 2.22. The van der Waals surface area contributed by atoms with Crippen molar-refractivity contribution in [3.05, 3.63) is 22.9 Å². The van der Waals surface area contributed by atoms with Gasteiger partial charge < -0.3 is 9.47 Å². The van der Waals surface area contributed by atoms with Gasteiger partial charge in [0.05, 0.1) is 18.8 Å². The molecule has 0 spiro atoms. The van der Waals surface area contributed by atoms with Crippen LogP contribution in [-0.4, -0.2) is 18.2 Å². The van der Waals surface area contributed by atoms with Crippen LogP contribution in [0.2, 0.25) is 0 Å². The SMILES string of the molecule is CCOC(=O)c1cc2c([nH+]c1N)C[C@](C)(CC)OC2. The minimum absolute atomic E-state index is 0.165. The van der Waals surface area contributed by atoms with Gasteiger partial charge in [0, 0.05) is 12.0 Å². The highest BCUT2D eigenvalue weighted by Gasteiger charge is 2.33. The number of pyridine rings is 1. The van der Waals surface area contributed by atoms with E-state index in [-0.39, 0.29) is 5.60 Å². The minimum atomic E-state index is -0.400. The number of nitrogens with one attached hydrogen (secondary N) is 1. The fourth-order valence-electron chi connectivity index (χ4n) is 2.22. The van der Waals surface area contributed by atoms with Crippen LogP contribution in [-0.2, 0) is 22.5 Å². The van der Waals surface area contributed by atoms with E-state index in [0.29, 0.717) is 24.6 Å². The van der Waals surface area contributed by atoms with E-state index >= 15 is 0 Å². The fraction of sp³-hybridized carbons (Fsp3) is 0.571. The van der Waals surface area contributed by atoms with Gasteiger partial charge in [-0.15, -0.1) is 0 Å². The van der Waals surface area contributed by atoms with Gasteiger partial charge in [-0.3, -0.25) is 5.73 Å². The molecule has 1 aromatic heterocycles. The predicted molar refractivity (Wildman–Crippen MR) is 70.6 cm³/mol. The Bertz CT molecular complexity index is 502. The van der Waals surface area contributed by atoms with Crippen LogP contribution in [0.25, 0.3) is 0 Å². The number of rotatable bonds is 3. The molecule has 1 aromatic rings. The summed E-state index contributed by atoms with van der Waals surface area (Å²) < 4.78 is 10.8. The Kier molecular flexibility index (Phi) is 3.75. The Labute approximate surface area is 113 Å². The van der Waals surface area contributed by atoms with Crippen LogP contribution in [0.4, 0.5) is 5.82 Å². The van der Waals surface area contributed by atoms with Crippen molar-refractivity contribution in [1.82, 2.24) is 0 Å². The largest absolute Gasteiger partial charge is 0.462 e. The average Bonchev–Trinajstić information content (AvgIpc) is 2.38. The van der Waals surface area contributed by atoms with Crippen molar-refractivity contribution < 1.29 is 19.3 Å². The molecule has 0 aromatic carbocycles. The van der Waals surface area contributed by atoms with Crippen LogP contribution in [0.5, 0.6) is 0 Å². The topological polar surface area (TPSA) is 75.7 Å². The molecule has 2 rings (SSSR count). The Hall–Kier alpha value is -1.62. The number of H-pyrrole nitrogens is 1. The second-order valence-electron chi connectivity index (χ2n) is 5.09. The second-order valence-corrected chi connectivity index (χ2v) is 5.09. The highest BCUT2D eigenvalue weighted by Crippen LogP contribution is 2.29. The molecule has 0 unspecified atom stereocenters. The number of aromatic nitrogens is 1. The summed E-state index contributed by atoms with van der Waals surface area (Å²) >= 11 is 0. The van der Waals surface area contributed by atoms with Gasteiger partial charge in [-0.1, -0.05) is 6.92 Å². The average molecular weight is 265 g/mol. The first-order valence-electron chi connectivity index (χ1n) is 6.63. The van der Waals surface area contributed by atoms with Crippen LogP contribution in [0.3, 0.4) is 0 Å². The van der Waals surface area contributed by atoms with Gasteiger partial charge in [-0.2, -0.15) is 0 Å². The Morgan fingerprint density at radius 2 is 2.32 bits per heavy atom. The maximum absolute atomic E-state index is 11.8. The third-order valence-corrected chi connectivity index (χ3v) is 3.65. The van der Waals surface area contributed by atoms with Gasteiger partial charge in [0.1, 0.15) is 11.3 Å². The quantitative estimate of drug-likeness (QED) is 0.840. The van der Waals surface area contributed by atoms with E-state index in [1.54, 1.807) is 13.0 Å². The molecule has 0 radical (unpaired) electrons. The smallest absolute Gasteiger partial charge is 0.346 e. The second kappa shape index (κ2) is 5.17. The summed E-state index contributed by atoms with van der Waals surface area (Å²) in [6, 6.07) is 1.77. The highest BCUT2D eigenvalue weighted by molar-refractivity contribution is 5.93. The lowest BCUT2D eigenvalue weighted by Crippen LogP contribution is -2.39. The first kappa shape index (κ1) is 13.8. The number of hydrogen-bond donors (Lipinski definition) is 1. The van der Waals surface area contributed by atoms with E-state index < -0.39 is 5.97 Å². The maximum atomic E-state index is 11.8. The number of ether oxygens (including phenoxy) is 2. The summed E-state index contributed by atoms with van der Waals surface area (Å²) in [7, 11) is 0. The van der Waals surface area contributed by atoms with Crippen LogP contribution < -0.4 is 10.7 Å². The van der Waals surface area contributed by atoms with E-state index in [9.17, 15) is 4.79 Å². The third-order valence-electron chi connectivity index (χ3n) is 3.65. The van der Waals surface area contributed by atoms with E-state index in [0.717, 1.165) is 24.1 Å². The molecular formula is C14H21N2O3+. The normalized spacial score (nSPS) is 21.8. The van der Waals surface area contributed by atoms with Gasteiger partial charge >= 0.3 is 5.97 Å². The molecule has 1 aliphatic rings. The van der Waals surface area contributed by atoms with E-state index in [1.165, 1.54) is 0 Å². The van der Waals surface area contributed by atoms with Gasteiger partial charge in [0.15, 0.2) is 0 Å². The number of carbonyl (C=O) groups excluding carboxylic acids is 1. The van der Waals surface area contributed by atoms with E-state index in [2.05, 4.69) is 18.8 Å². The van der Waals surface area contributed by atoms with Gasteiger partial charge in [-0.25, -0.2) is 9.78 Å². The van der Waals surface area contributed by atoms with Crippen molar-refractivity contribution in [3.63, 3.8) is 0 Å². The molecule has 0 saturated heterocycles. The molecule has 1 aliphatic heterocycles. The minimum Gasteiger partial charge on any atom is -0.462 e. The molecule has 5 heteroatoms. The lowest BCUT2D eigenvalue weighted by atomic mass is 9.91. The van der Waals surface area contributed by atoms with Crippen molar-refractivity contribution >= 4 is 11.8 Å². The van der Waals surface area contributed by atoms with Crippen molar-refractivity contribution in [2.45, 2.75) is 45.8 Å². The zero-order chi connectivity index (χ0) is 14.0. The lowest BCUT2D eigenvalue weighted by Gasteiger charge is -2.32. The molecule has 0 fully saturated rings. The number of carbonyl (C=O) groups is 1.